The fraction of sp³-hybridized carbons (Fsp3) is 0.375. The van der Waals surface area contributed by atoms with E-state index in [1.807, 2.05) is 0 Å². The summed E-state index contributed by atoms with van der Waals surface area (Å²) in [5, 5.41) is -1.47. The molecule has 23 heavy (non-hydrogen) atoms. The number of hydrogen-bond donors (Lipinski definition) is 0. The van der Waals surface area contributed by atoms with Crippen molar-refractivity contribution in [3.8, 4) is 0 Å². The molecule has 1 unspecified atom stereocenters. The van der Waals surface area contributed by atoms with Gasteiger partial charge in [0, 0.05) is 5.92 Å². The molecule has 6 nitrogen and oxygen atoms in total. The smallest absolute Gasteiger partial charge is 0.324 e. The number of hydrogen-bond acceptors (Lipinski definition) is 6. The number of esters is 2. The maximum Gasteiger partial charge on any atom is 0.324 e. The van der Waals surface area contributed by atoms with Crippen LogP contribution in [0.2, 0.25) is 0 Å². The first kappa shape index (κ1) is 17.2. The van der Waals surface area contributed by atoms with Gasteiger partial charge in [0.25, 0.3) is 0 Å². The molecular formula is C16H18O6S. The van der Waals surface area contributed by atoms with Crippen molar-refractivity contribution < 1.29 is 27.5 Å². The lowest BCUT2D eigenvalue weighted by atomic mass is 10.2. The highest BCUT2D eigenvalue weighted by Crippen LogP contribution is 2.52. The van der Waals surface area contributed by atoms with Gasteiger partial charge >= 0.3 is 11.9 Å². The van der Waals surface area contributed by atoms with Crippen LogP contribution in [-0.4, -0.2) is 39.8 Å². The van der Waals surface area contributed by atoms with Crippen LogP contribution in [0.1, 0.15) is 0 Å². The molecule has 0 spiro atoms. The molecule has 0 radical (unpaired) electrons. The van der Waals surface area contributed by atoms with E-state index in [1.54, 1.807) is 18.2 Å². The maximum atomic E-state index is 12.8. The molecule has 0 N–H and O–H groups in total. The minimum Gasteiger partial charge on any atom is -0.469 e. The number of benzene rings is 1. The summed E-state index contributed by atoms with van der Waals surface area (Å²) in [6.45, 7) is 3.61. The fourth-order valence-corrected chi connectivity index (χ4v) is 4.81. The highest BCUT2D eigenvalue weighted by molar-refractivity contribution is 7.92. The summed E-state index contributed by atoms with van der Waals surface area (Å²) in [6, 6.07) is 7.62. The van der Waals surface area contributed by atoms with Crippen LogP contribution >= 0.6 is 0 Å². The summed E-state index contributed by atoms with van der Waals surface area (Å²) in [4.78, 5) is 24.0. The number of ether oxygens (including phenoxy) is 2. The van der Waals surface area contributed by atoms with Gasteiger partial charge in [0.2, 0.25) is 0 Å². The summed E-state index contributed by atoms with van der Waals surface area (Å²) in [7, 11) is -1.66. The summed E-state index contributed by atoms with van der Waals surface area (Å²) >= 11 is 0. The molecule has 124 valence electrons. The van der Waals surface area contributed by atoms with Crippen molar-refractivity contribution in [2.45, 2.75) is 10.1 Å². The molecule has 2 rings (SSSR count). The lowest BCUT2D eigenvalue weighted by molar-refractivity contribution is -0.143. The Morgan fingerprint density at radius 1 is 1.17 bits per heavy atom. The first-order valence-corrected chi connectivity index (χ1v) is 8.52. The second-order valence-corrected chi connectivity index (χ2v) is 7.31. The average Bonchev–Trinajstić information content (AvgIpc) is 3.28. The minimum atomic E-state index is -4.00. The zero-order valence-corrected chi connectivity index (χ0v) is 13.7. The van der Waals surface area contributed by atoms with Gasteiger partial charge in [-0.1, -0.05) is 24.3 Å². The summed E-state index contributed by atoms with van der Waals surface area (Å²) < 4.78 is 35.0. The first-order valence-electron chi connectivity index (χ1n) is 6.97. The summed E-state index contributed by atoms with van der Waals surface area (Å²) in [5.41, 5.74) is 0. The molecule has 0 aromatic heterocycles. The molecule has 0 heterocycles. The van der Waals surface area contributed by atoms with E-state index < -0.39 is 44.8 Å². The summed E-state index contributed by atoms with van der Waals surface area (Å²) in [6.07, 6.45) is 1.47. The standard InChI is InChI=1S/C16H18O6S/c1-4-11-12(13(11)15(17)21-2)14(16(18)22-3)23(19,20)10-8-6-5-7-9-10/h4-9,11-14H,1H2,2-3H3/t11-,12+,13+,14?/m1/s1. The number of rotatable bonds is 6. The molecule has 1 fully saturated rings. The third-order valence-corrected chi connectivity index (χ3v) is 6.17. The van der Waals surface area contributed by atoms with Crippen molar-refractivity contribution in [3.63, 3.8) is 0 Å². The number of methoxy groups -OCH3 is 2. The largest absolute Gasteiger partial charge is 0.469 e. The van der Waals surface area contributed by atoms with Crippen molar-refractivity contribution in [1.82, 2.24) is 0 Å². The monoisotopic (exact) mass is 338 g/mol. The molecule has 4 atom stereocenters. The van der Waals surface area contributed by atoms with Crippen LogP contribution in [0, 0.1) is 17.8 Å². The van der Waals surface area contributed by atoms with Crippen molar-refractivity contribution >= 4 is 21.8 Å². The van der Waals surface area contributed by atoms with Crippen LogP contribution < -0.4 is 0 Å². The second-order valence-electron chi connectivity index (χ2n) is 5.24. The molecule has 1 aromatic carbocycles. The van der Waals surface area contributed by atoms with Gasteiger partial charge in [0.05, 0.1) is 25.0 Å². The Morgan fingerprint density at radius 2 is 1.78 bits per heavy atom. The van der Waals surface area contributed by atoms with E-state index in [9.17, 15) is 18.0 Å². The Balaban J connectivity index is 2.46. The predicted molar refractivity (Wildman–Crippen MR) is 82.1 cm³/mol. The van der Waals surface area contributed by atoms with Crippen molar-refractivity contribution in [2.24, 2.45) is 17.8 Å². The molecule has 0 aliphatic heterocycles. The van der Waals surface area contributed by atoms with Crippen molar-refractivity contribution in [3.05, 3.63) is 43.0 Å². The zero-order chi connectivity index (χ0) is 17.2. The molecule has 0 saturated heterocycles. The molecule has 1 aliphatic rings. The Bertz CT molecular complexity index is 709. The normalized spacial score (nSPS) is 24.3. The van der Waals surface area contributed by atoms with E-state index in [4.69, 9.17) is 0 Å². The molecular weight excluding hydrogens is 320 g/mol. The third-order valence-electron chi connectivity index (χ3n) is 4.07. The maximum absolute atomic E-state index is 12.8. The molecule has 7 heteroatoms. The molecule has 0 bridgehead atoms. The van der Waals surface area contributed by atoms with Gasteiger partial charge in [-0.3, -0.25) is 9.59 Å². The Morgan fingerprint density at radius 3 is 2.26 bits per heavy atom. The van der Waals surface area contributed by atoms with Gasteiger partial charge in [0.1, 0.15) is 0 Å². The molecule has 0 amide bonds. The lowest BCUT2D eigenvalue weighted by Crippen LogP contribution is -2.35. The van der Waals surface area contributed by atoms with E-state index >= 15 is 0 Å². The van der Waals surface area contributed by atoms with Crippen LogP contribution in [0.25, 0.3) is 0 Å². The van der Waals surface area contributed by atoms with Crippen molar-refractivity contribution in [1.29, 1.82) is 0 Å². The van der Waals surface area contributed by atoms with E-state index in [1.165, 1.54) is 25.3 Å². The Kier molecular flexibility index (Phi) is 4.89. The van der Waals surface area contributed by atoms with E-state index in [2.05, 4.69) is 16.1 Å². The van der Waals surface area contributed by atoms with Crippen LogP contribution in [-0.2, 0) is 28.9 Å². The highest BCUT2D eigenvalue weighted by Gasteiger charge is 2.63. The second kappa shape index (κ2) is 6.54. The molecule has 1 aliphatic carbocycles. The number of allylic oxidation sites excluding steroid dienone is 1. The van der Waals surface area contributed by atoms with E-state index in [0.29, 0.717) is 0 Å². The lowest BCUT2D eigenvalue weighted by Gasteiger charge is -2.15. The molecule has 1 aromatic rings. The van der Waals surface area contributed by atoms with Gasteiger partial charge in [-0.05, 0) is 18.1 Å². The van der Waals surface area contributed by atoms with Gasteiger partial charge < -0.3 is 9.47 Å². The van der Waals surface area contributed by atoms with Crippen LogP contribution in [0.5, 0.6) is 0 Å². The van der Waals surface area contributed by atoms with Gasteiger partial charge in [0.15, 0.2) is 15.1 Å². The SMILES string of the molecule is C=C[C@H]1[C@H](C(=O)OC)[C@H]1C(C(=O)OC)S(=O)(=O)c1ccccc1. The van der Waals surface area contributed by atoms with Gasteiger partial charge in [-0.2, -0.15) is 0 Å². The minimum absolute atomic E-state index is 0.00808. The molecule has 1 saturated carbocycles. The van der Waals surface area contributed by atoms with E-state index in [0.717, 1.165) is 7.11 Å². The van der Waals surface area contributed by atoms with Gasteiger partial charge in [-0.15, -0.1) is 6.58 Å². The summed E-state index contributed by atoms with van der Waals surface area (Å²) in [5.74, 6) is -3.34. The average molecular weight is 338 g/mol. The number of carbonyl (C=O) groups is 2. The number of sulfone groups is 1. The first-order chi connectivity index (χ1) is 10.9. The van der Waals surface area contributed by atoms with Crippen LogP contribution in [0.4, 0.5) is 0 Å². The van der Waals surface area contributed by atoms with Crippen LogP contribution in [0.15, 0.2) is 47.9 Å². The Hall–Kier alpha value is -2.15. The van der Waals surface area contributed by atoms with E-state index in [-0.39, 0.29) is 4.90 Å². The topological polar surface area (TPSA) is 86.7 Å². The quantitative estimate of drug-likeness (QED) is 0.573. The highest BCUT2D eigenvalue weighted by atomic mass is 32.2. The van der Waals surface area contributed by atoms with Gasteiger partial charge in [-0.25, -0.2) is 8.42 Å². The third kappa shape index (κ3) is 3.01. The number of carbonyl (C=O) groups excluding carboxylic acids is 2. The Labute approximate surface area is 135 Å². The van der Waals surface area contributed by atoms with Crippen molar-refractivity contribution in [2.75, 3.05) is 14.2 Å². The predicted octanol–water partition coefficient (Wildman–Crippen LogP) is 1.22. The zero-order valence-electron chi connectivity index (χ0n) is 12.8. The fourth-order valence-electron chi connectivity index (χ4n) is 2.87. The van der Waals surface area contributed by atoms with Crippen LogP contribution in [0.3, 0.4) is 0 Å².